The number of ether oxygens (including phenoxy) is 2. The summed E-state index contributed by atoms with van der Waals surface area (Å²) in [4.78, 5) is 16.3. The van der Waals surface area contributed by atoms with Crippen molar-refractivity contribution >= 4 is 28.9 Å². The molecule has 1 amide bonds. The fourth-order valence-electron chi connectivity index (χ4n) is 3.56. The smallest absolute Gasteiger partial charge is 0.282 e. The number of para-hydroxylation sites is 2. The Hall–Kier alpha value is -2.44. The third-order valence-corrected chi connectivity index (χ3v) is 5.49. The molecule has 0 aliphatic carbocycles. The van der Waals surface area contributed by atoms with Crippen molar-refractivity contribution in [2.75, 3.05) is 50.6 Å². The van der Waals surface area contributed by atoms with Gasteiger partial charge in [0.15, 0.2) is 6.04 Å². The zero-order valence-electron chi connectivity index (χ0n) is 16.5. The lowest BCUT2D eigenvalue weighted by molar-refractivity contribution is -0.914. The summed E-state index contributed by atoms with van der Waals surface area (Å²) in [6.45, 7) is 5.45. The van der Waals surface area contributed by atoms with Crippen LogP contribution in [0, 0.1) is 0 Å². The van der Waals surface area contributed by atoms with Crippen molar-refractivity contribution in [3.05, 3.63) is 47.5 Å². The molecule has 2 aromatic carbocycles. The second-order valence-corrected chi connectivity index (χ2v) is 7.31. The summed E-state index contributed by atoms with van der Waals surface area (Å²) in [5.74, 6) is 1.44. The molecule has 1 aliphatic heterocycles. The van der Waals surface area contributed by atoms with E-state index in [1.165, 1.54) is 4.90 Å². The SMILES string of the molecule is COc1ccc(Cl)cc1NC(=O)[C@H](C)[NH+]1CCN(c2ccccc2OC)CC1. The highest BCUT2D eigenvalue weighted by molar-refractivity contribution is 6.31. The molecule has 1 heterocycles. The molecule has 0 saturated carbocycles. The summed E-state index contributed by atoms with van der Waals surface area (Å²) in [5, 5.41) is 3.51. The number of methoxy groups -OCH3 is 2. The van der Waals surface area contributed by atoms with Crippen LogP contribution in [0.5, 0.6) is 11.5 Å². The minimum Gasteiger partial charge on any atom is -0.495 e. The van der Waals surface area contributed by atoms with Gasteiger partial charge in [-0.25, -0.2) is 0 Å². The van der Waals surface area contributed by atoms with Gasteiger partial charge in [0.25, 0.3) is 5.91 Å². The van der Waals surface area contributed by atoms with Crippen LogP contribution in [0.15, 0.2) is 42.5 Å². The normalized spacial score (nSPS) is 15.8. The van der Waals surface area contributed by atoms with Gasteiger partial charge in [-0.15, -0.1) is 0 Å². The van der Waals surface area contributed by atoms with E-state index < -0.39 is 0 Å². The molecule has 0 bridgehead atoms. The molecule has 0 radical (unpaired) electrons. The largest absolute Gasteiger partial charge is 0.495 e. The van der Waals surface area contributed by atoms with Crippen molar-refractivity contribution in [2.24, 2.45) is 0 Å². The maximum Gasteiger partial charge on any atom is 0.282 e. The molecule has 0 unspecified atom stereocenters. The Kier molecular flexibility index (Phi) is 6.65. The van der Waals surface area contributed by atoms with Gasteiger partial charge in [0.05, 0.1) is 51.8 Å². The van der Waals surface area contributed by atoms with Crippen molar-refractivity contribution < 1.29 is 19.2 Å². The number of quaternary nitrogens is 1. The molecule has 0 spiro atoms. The van der Waals surface area contributed by atoms with Crippen molar-refractivity contribution in [3.63, 3.8) is 0 Å². The molecule has 28 heavy (non-hydrogen) atoms. The van der Waals surface area contributed by atoms with Gasteiger partial charge in [0.1, 0.15) is 11.5 Å². The second kappa shape index (κ2) is 9.17. The Bertz CT molecular complexity index is 822. The lowest BCUT2D eigenvalue weighted by atomic mass is 10.2. The van der Waals surface area contributed by atoms with Crippen molar-refractivity contribution in [2.45, 2.75) is 13.0 Å². The zero-order chi connectivity index (χ0) is 20.1. The predicted octanol–water partition coefficient (Wildman–Crippen LogP) is 2.09. The molecule has 1 saturated heterocycles. The number of anilines is 2. The van der Waals surface area contributed by atoms with E-state index in [1.54, 1.807) is 32.4 Å². The van der Waals surface area contributed by atoms with Crippen LogP contribution in [0.25, 0.3) is 0 Å². The number of halogens is 1. The van der Waals surface area contributed by atoms with Crippen LogP contribution in [0.1, 0.15) is 6.92 Å². The summed E-state index contributed by atoms with van der Waals surface area (Å²) in [5.41, 5.74) is 1.70. The van der Waals surface area contributed by atoms with Crippen LogP contribution < -0.4 is 24.6 Å². The first kappa shape index (κ1) is 20.3. The van der Waals surface area contributed by atoms with Gasteiger partial charge in [0.2, 0.25) is 0 Å². The van der Waals surface area contributed by atoms with E-state index in [1.807, 2.05) is 25.1 Å². The quantitative estimate of drug-likeness (QED) is 0.774. The van der Waals surface area contributed by atoms with Gasteiger partial charge in [-0.2, -0.15) is 0 Å². The van der Waals surface area contributed by atoms with Gasteiger partial charge in [-0.1, -0.05) is 23.7 Å². The highest BCUT2D eigenvalue weighted by Gasteiger charge is 2.30. The molecule has 1 fully saturated rings. The van der Waals surface area contributed by atoms with Crippen molar-refractivity contribution in [1.29, 1.82) is 0 Å². The lowest BCUT2D eigenvalue weighted by Gasteiger charge is -2.36. The maximum atomic E-state index is 12.8. The molecular formula is C21H27ClN3O3+. The standard InChI is InChI=1S/C21H26ClN3O3/c1-15(21(26)23-17-14-16(22)8-9-19(17)27-2)24-10-12-25(13-11-24)18-6-4-5-7-20(18)28-3/h4-9,14-15H,10-13H2,1-3H3,(H,23,26)/p+1/t15-/m0/s1. The number of carbonyl (C=O) groups is 1. The molecular weight excluding hydrogens is 378 g/mol. The van der Waals surface area contributed by atoms with E-state index in [-0.39, 0.29) is 11.9 Å². The molecule has 1 atom stereocenters. The summed E-state index contributed by atoms with van der Waals surface area (Å²) in [6.07, 6.45) is 0. The van der Waals surface area contributed by atoms with E-state index >= 15 is 0 Å². The minimum absolute atomic E-state index is 0.0405. The van der Waals surface area contributed by atoms with Crippen molar-refractivity contribution in [3.8, 4) is 11.5 Å². The summed E-state index contributed by atoms with van der Waals surface area (Å²) >= 11 is 6.06. The van der Waals surface area contributed by atoms with Crippen LogP contribution in [-0.2, 0) is 4.79 Å². The highest BCUT2D eigenvalue weighted by atomic mass is 35.5. The summed E-state index contributed by atoms with van der Waals surface area (Å²) in [7, 11) is 3.27. The van der Waals surface area contributed by atoms with E-state index in [2.05, 4.69) is 16.3 Å². The van der Waals surface area contributed by atoms with Gasteiger partial charge >= 0.3 is 0 Å². The van der Waals surface area contributed by atoms with Crippen molar-refractivity contribution in [1.82, 2.24) is 0 Å². The average molecular weight is 405 g/mol. The third-order valence-electron chi connectivity index (χ3n) is 5.26. The Morgan fingerprint density at radius 1 is 1.11 bits per heavy atom. The zero-order valence-corrected chi connectivity index (χ0v) is 17.3. The third kappa shape index (κ3) is 4.51. The number of carbonyl (C=O) groups excluding carboxylic acids is 1. The first-order chi connectivity index (χ1) is 13.5. The van der Waals surface area contributed by atoms with E-state index in [4.69, 9.17) is 21.1 Å². The van der Waals surface area contributed by atoms with Crippen LogP contribution in [0.3, 0.4) is 0 Å². The molecule has 6 nitrogen and oxygen atoms in total. The first-order valence-corrected chi connectivity index (χ1v) is 9.78. The monoisotopic (exact) mass is 404 g/mol. The van der Waals surface area contributed by atoms with Crippen LogP contribution in [0.4, 0.5) is 11.4 Å². The van der Waals surface area contributed by atoms with E-state index in [9.17, 15) is 4.79 Å². The molecule has 3 rings (SSSR count). The maximum absolute atomic E-state index is 12.8. The molecule has 150 valence electrons. The molecule has 2 N–H and O–H groups in total. The van der Waals surface area contributed by atoms with Gasteiger partial charge < -0.3 is 24.6 Å². The highest BCUT2D eigenvalue weighted by Crippen LogP contribution is 2.28. The van der Waals surface area contributed by atoms with Gasteiger partial charge in [-0.05, 0) is 37.3 Å². The Morgan fingerprint density at radius 2 is 1.79 bits per heavy atom. The number of benzene rings is 2. The van der Waals surface area contributed by atoms with Crippen LogP contribution >= 0.6 is 11.6 Å². The molecule has 0 aromatic heterocycles. The van der Waals surface area contributed by atoms with Gasteiger partial charge in [0, 0.05) is 5.02 Å². The Balaban J connectivity index is 1.61. The van der Waals surface area contributed by atoms with Crippen LogP contribution in [0.2, 0.25) is 5.02 Å². The van der Waals surface area contributed by atoms with Gasteiger partial charge in [-0.3, -0.25) is 4.79 Å². The number of hydrogen-bond donors (Lipinski definition) is 2. The number of nitrogens with zero attached hydrogens (tertiary/aromatic N) is 1. The van der Waals surface area contributed by atoms with Crippen LogP contribution in [-0.4, -0.2) is 52.3 Å². The fourth-order valence-corrected chi connectivity index (χ4v) is 3.74. The van der Waals surface area contributed by atoms with E-state index in [0.29, 0.717) is 16.5 Å². The van der Waals surface area contributed by atoms with E-state index in [0.717, 1.165) is 37.6 Å². The number of rotatable bonds is 6. The summed E-state index contributed by atoms with van der Waals surface area (Å²) < 4.78 is 10.8. The number of hydrogen-bond acceptors (Lipinski definition) is 4. The second-order valence-electron chi connectivity index (χ2n) is 6.87. The molecule has 1 aliphatic rings. The fraction of sp³-hybridized carbons (Fsp3) is 0.381. The Labute approximate surface area is 171 Å². The molecule has 2 aromatic rings. The number of nitrogens with one attached hydrogen (secondary N) is 2. The average Bonchev–Trinajstić information content (AvgIpc) is 2.73. The lowest BCUT2D eigenvalue weighted by Crippen LogP contribution is -3.19. The first-order valence-electron chi connectivity index (χ1n) is 9.40. The minimum atomic E-state index is -0.177. The number of amides is 1. The topological polar surface area (TPSA) is 55.2 Å². The molecule has 7 heteroatoms. The predicted molar refractivity (Wildman–Crippen MR) is 112 cm³/mol. The number of piperazine rings is 1. The Morgan fingerprint density at radius 3 is 2.46 bits per heavy atom. The summed E-state index contributed by atoms with van der Waals surface area (Å²) in [6, 6.07) is 13.1.